The molecule has 0 bridgehead atoms. The summed E-state index contributed by atoms with van der Waals surface area (Å²) in [6, 6.07) is -2.62. The van der Waals surface area contributed by atoms with Gasteiger partial charge in [0, 0.05) is 19.8 Å². The average molecular weight is 1600 g/mol. The van der Waals surface area contributed by atoms with E-state index in [1.165, 1.54) is 308 Å². The van der Waals surface area contributed by atoms with Gasteiger partial charge in [-0.1, -0.05) is 373 Å². The molecule has 0 aromatic rings. The summed E-state index contributed by atoms with van der Waals surface area (Å²) in [5.74, 6) is -6.13. The lowest BCUT2D eigenvalue weighted by molar-refractivity contribution is -0.386. The van der Waals surface area contributed by atoms with E-state index in [2.05, 4.69) is 24.5 Å². The number of unbranched alkanes of at least 4 members (excludes halogenated alkanes) is 55. The maximum absolute atomic E-state index is 13.6. The van der Waals surface area contributed by atoms with Gasteiger partial charge in [0.2, 0.25) is 11.8 Å². The van der Waals surface area contributed by atoms with Gasteiger partial charge in [-0.2, -0.15) is 0 Å². The summed E-state index contributed by atoms with van der Waals surface area (Å²) in [6.07, 6.45) is 48.5. The molecule has 0 aromatic heterocycles. The minimum Gasteiger partial charge on any atom is -0.477 e. The second-order valence-corrected chi connectivity index (χ2v) is 33.5. The van der Waals surface area contributed by atoms with E-state index in [9.17, 15) is 75.7 Å². The van der Waals surface area contributed by atoms with Crippen LogP contribution in [-0.2, 0) is 42.8 Å². The molecule has 3 aliphatic heterocycles. The molecule has 3 aliphatic rings. The molecule has 0 radical (unpaired) electrons. The predicted molar refractivity (Wildman–Crippen MR) is 440 cm³/mol. The number of amides is 2. The highest BCUT2D eigenvalue weighted by Gasteiger charge is 2.60. The van der Waals surface area contributed by atoms with Gasteiger partial charge in [-0.15, -0.1) is 0 Å². The largest absolute Gasteiger partial charge is 0.477 e. The normalized spacial score (nSPS) is 25.4. The van der Waals surface area contributed by atoms with Crippen LogP contribution in [0, 0.1) is 0 Å². The van der Waals surface area contributed by atoms with E-state index >= 15 is 0 Å². The van der Waals surface area contributed by atoms with E-state index < -0.39 is 155 Å². The summed E-state index contributed by atoms with van der Waals surface area (Å²) >= 11 is 0. The second-order valence-electron chi connectivity index (χ2n) is 33.5. The van der Waals surface area contributed by atoms with Gasteiger partial charge < -0.3 is 100 Å². The third kappa shape index (κ3) is 45.6. The standard InChI is InChI=1S/C89H168N2O21/c1-4-6-8-10-12-14-16-18-20-22-24-26-27-28-29-30-31-32-33-34-35-36-37-38-39-40-41-43-45-47-49-51-53-55-57-59-61-63-76(99)91-70(71(96)62-60-58-56-54-52-50-48-46-44-42-25-23-21-19-17-15-13-11-9-7-5-2)68-107-86-81(103)80(102)83(75(67-94)109-86)110-87-82(104)85(79(101)74(66-93)108-87)112-89(88(105)106)64-72(97)77(90-69(3)95)84(111-89)78(100)73(98)65-92/h60,62,70-75,77-87,92-94,96-98,100-104H,4-59,61,63-68H2,1-3H3,(H,90,95)(H,91,99)(H,105,106)/b62-60+. The van der Waals surface area contributed by atoms with Gasteiger partial charge in [0.25, 0.3) is 5.79 Å². The Morgan fingerprint density at radius 1 is 0.464 bits per heavy atom. The fourth-order valence-electron chi connectivity index (χ4n) is 16.2. The summed E-state index contributed by atoms with van der Waals surface area (Å²) in [6.45, 7) is 2.22. The molecule has 0 aliphatic carbocycles. The van der Waals surface area contributed by atoms with Gasteiger partial charge in [-0.05, 0) is 19.3 Å². The Labute approximate surface area is 677 Å². The molecule has 23 nitrogen and oxygen atoms in total. The fraction of sp³-hybridized carbons (Fsp3) is 0.944. The van der Waals surface area contributed by atoms with Crippen molar-refractivity contribution in [1.82, 2.24) is 10.6 Å². The van der Waals surface area contributed by atoms with Crippen molar-refractivity contribution in [2.75, 3.05) is 26.4 Å². The number of aliphatic hydroxyl groups is 11. The number of carbonyl (C=O) groups excluding carboxylic acids is 2. The zero-order valence-corrected chi connectivity index (χ0v) is 70.6. The van der Waals surface area contributed by atoms with Crippen LogP contribution in [0.2, 0.25) is 0 Å². The lowest BCUT2D eigenvalue weighted by atomic mass is 9.88. The first-order valence-electron chi connectivity index (χ1n) is 46.1. The quantitative estimate of drug-likeness (QED) is 0.0199. The van der Waals surface area contributed by atoms with Crippen molar-refractivity contribution >= 4 is 17.8 Å². The lowest BCUT2D eigenvalue weighted by Crippen LogP contribution is -2.70. The van der Waals surface area contributed by atoms with Crippen molar-refractivity contribution in [3.05, 3.63) is 12.2 Å². The minimum atomic E-state index is -3.08. The average Bonchev–Trinajstić information content (AvgIpc) is 0.755. The Bertz CT molecular complexity index is 2260. The van der Waals surface area contributed by atoms with Crippen LogP contribution in [0.3, 0.4) is 0 Å². The Kier molecular flexibility index (Phi) is 62.3. The number of nitrogens with one attached hydrogen (secondary N) is 2. The molecule has 0 aromatic carbocycles. The number of ether oxygens (including phenoxy) is 6. The number of aliphatic carboxylic acids is 1. The predicted octanol–water partition coefficient (Wildman–Crippen LogP) is 14.9. The Morgan fingerprint density at radius 2 is 0.830 bits per heavy atom. The maximum atomic E-state index is 13.6. The van der Waals surface area contributed by atoms with Gasteiger partial charge in [0.15, 0.2) is 12.6 Å². The molecule has 3 fully saturated rings. The number of rotatable bonds is 75. The van der Waals surface area contributed by atoms with E-state index in [1.54, 1.807) is 6.08 Å². The number of hydrogen-bond acceptors (Lipinski definition) is 20. The van der Waals surface area contributed by atoms with Crippen LogP contribution in [0.1, 0.15) is 400 Å². The zero-order chi connectivity index (χ0) is 81.7. The van der Waals surface area contributed by atoms with Crippen LogP contribution in [0.5, 0.6) is 0 Å². The zero-order valence-electron chi connectivity index (χ0n) is 70.6. The number of carboxylic acid groups (broad SMARTS) is 1. The molecule has 0 saturated carbocycles. The summed E-state index contributed by atoms with van der Waals surface area (Å²) in [4.78, 5) is 38.8. The molecular formula is C89H168N2O21. The number of aliphatic hydroxyl groups excluding tert-OH is 11. The SMILES string of the molecule is CCCCCCCCCCCCCCCCCCCCC/C=C/C(O)C(COC1OC(CO)C(OC2OC(CO)C(O)C(OC3(C(=O)O)CC(O)C(NC(C)=O)C(C(O)C(O)CO)O3)C2O)C(O)C1O)NC(=O)CCCCCCCCCCCCCCCCCCCCCCCCCCCCCCCCCCCCCCC. The van der Waals surface area contributed by atoms with E-state index in [4.69, 9.17) is 28.4 Å². The van der Waals surface area contributed by atoms with E-state index in [-0.39, 0.29) is 12.3 Å². The Balaban J connectivity index is 1.41. The molecule has 3 rings (SSSR count). The Hall–Kier alpha value is -2.53. The van der Waals surface area contributed by atoms with Crippen LogP contribution in [0.4, 0.5) is 0 Å². The Morgan fingerprint density at radius 3 is 1.19 bits per heavy atom. The van der Waals surface area contributed by atoms with Gasteiger partial charge in [0.05, 0.1) is 50.7 Å². The molecule has 18 atom stereocenters. The van der Waals surface area contributed by atoms with Crippen molar-refractivity contribution in [1.29, 1.82) is 0 Å². The number of carbonyl (C=O) groups is 3. The summed E-state index contributed by atoms with van der Waals surface area (Å²) in [5.41, 5.74) is 0. The van der Waals surface area contributed by atoms with Crippen molar-refractivity contribution < 1.29 is 104 Å². The molecule has 2 amide bonds. The molecular weight excluding hydrogens is 1430 g/mol. The van der Waals surface area contributed by atoms with Crippen LogP contribution in [-0.4, -0.2) is 215 Å². The van der Waals surface area contributed by atoms with Gasteiger partial charge in [-0.25, -0.2) is 4.79 Å². The summed E-state index contributed by atoms with van der Waals surface area (Å²) in [7, 11) is 0. The lowest BCUT2D eigenvalue weighted by Gasteiger charge is -2.50. The minimum absolute atomic E-state index is 0.206. The van der Waals surface area contributed by atoms with Crippen LogP contribution in [0.15, 0.2) is 12.2 Å². The van der Waals surface area contributed by atoms with Crippen LogP contribution in [0.25, 0.3) is 0 Å². The van der Waals surface area contributed by atoms with Crippen molar-refractivity contribution in [3.63, 3.8) is 0 Å². The third-order valence-corrected chi connectivity index (χ3v) is 23.5. The van der Waals surface area contributed by atoms with E-state index in [0.717, 1.165) is 51.9 Å². The second kappa shape index (κ2) is 67.3. The van der Waals surface area contributed by atoms with Crippen LogP contribution < -0.4 is 10.6 Å². The molecule has 3 saturated heterocycles. The van der Waals surface area contributed by atoms with E-state index in [1.807, 2.05) is 6.08 Å². The van der Waals surface area contributed by atoms with Gasteiger partial charge >= 0.3 is 5.97 Å². The molecule has 0 spiro atoms. The topological polar surface area (TPSA) is 373 Å². The molecule has 18 unspecified atom stereocenters. The summed E-state index contributed by atoms with van der Waals surface area (Å²) in [5, 5.41) is 137. The first-order chi connectivity index (χ1) is 54.4. The third-order valence-electron chi connectivity index (χ3n) is 23.5. The highest BCUT2D eigenvalue weighted by Crippen LogP contribution is 2.39. The first-order valence-corrected chi connectivity index (χ1v) is 46.1. The highest BCUT2D eigenvalue weighted by molar-refractivity contribution is 5.77. The number of carboxylic acids is 1. The molecule has 3 heterocycles. The van der Waals surface area contributed by atoms with Crippen molar-refractivity contribution in [2.45, 2.75) is 509 Å². The first kappa shape index (κ1) is 104. The molecule has 112 heavy (non-hydrogen) atoms. The van der Waals surface area contributed by atoms with Gasteiger partial charge in [-0.3, -0.25) is 9.59 Å². The van der Waals surface area contributed by atoms with E-state index in [0.29, 0.717) is 12.8 Å². The number of allylic oxidation sites excluding steroid dienone is 1. The van der Waals surface area contributed by atoms with Crippen LogP contribution >= 0.6 is 0 Å². The maximum Gasteiger partial charge on any atom is 0.364 e. The van der Waals surface area contributed by atoms with Crippen molar-refractivity contribution in [3.8, 4) is 0 Å². The summed E-state index contributed by atoms with van der Waals surface area (Å²) < 4.78 is 35.0. The molecule has 23 heteroatoms. The van der Waals surface area contributed by atoms with Gasteiger partial charge in [0.1, 0.15) is 67.1 Å². The monoisotopic (exact) mass is 1600 g/mol. The number of hydrogen-bond donors (Lipinski definition) is 14. The molecule has 14 N–H and O–H groups in total. The fourth-order valence-corrected chi connectivity index (χ4v) is 16.2. The van der Waals surface area contributed by atoms with Crippen molar-refractivity contribution in [2.24, 2.45) is 0 Å². The molecule has 660 valence electrons. The smallest absolute Gasteiger partial charge is 0.364 e. The highest BCUT2D eigenvalue weighted by atomic mass is 16.8.